The first-order chi connectivity index (χ1) is 8.04. The molecule has 0 unspecified atom stereocenters. The standard InChI is InChI=1S/C13H18N2O2/c1-9-4-7-15-11(8-9)13(12(16)17)5-2-10(14)3-6-13/h4,7-8,10H,2-3,5-6,14H2,1H3,(H,16,17). The summed E-state index contributed by atoms with van der Waals surface area (Å²) in [6.07, 6.45) is 4.35. The Morgan fingerprint density at radius 1 is 1.53 bits per heavy atom. The molecule has 1 aromatic rings. The highest BCUT2D eigenvalue weighted by atomic mass is 16.4. The summed E-state index contributed by atoms with van der Waals surface area (Å²) in [7, 11) is 0. The molecule has 1 fully saturated rings. The molecule has 1 aromatic heterocycles. The molecule has 3 N–H and O–H groups in total. The summed E-state index contributed by atoms with van der Waals surface area (Å²) in [5.74, 6) is -0.775. The molecule has 0 spiro atoms. The fourth-order valence-electron chi connectivity index (χ4n) is 2.51. The number of rotatable bonds is 2. The normalized spacial score (nSPS) is 28.9. The summed E-state index contributed by atoms with van der Waals surface area (Å²) in [4.78, 5) is 15.9. The van der Waals surface area contributed by atoms with Gasteiger partial charge in [-0.3, -0.25) is 9.78 Å². The predicted octanol–water partition coefficient (Wildman–Crippen LogP) is 1.61. The largest absolute Gasteiger partial charge is 0.481 e. The van der Waals surface area contributed by atoms with Gasteiger partial charge in [0.05, 0.1) is 5.69 Å². The third-order valence-electron chi connectivity index (χ3n) is 3.70. The number of nitrogens with two attached hydrogens (primary N) is 1. The van der Waals surface area contributed by atoms with E-state index in [2.05, 4.69) is 4.98 Å². The van der Waals surface area contributed by atoms with Gasteiger partial charge in [0.15, 0.2) is 0 Å². The molecule has 1 saturated carbocycles. The van der Waals surface area contributed by atoms with Crippen LogP contribution in [-0.4, -0.2) is 22.1 Å². The van der Waals surface area contributed by atoms with Crippen molar-refractivity contribution < 1.29 is 9.90 Å². The number of aromatic nitrogens is 1. The Morgan fingerprint density at radius 2 is 2.18 bits per heavy atom. The molecule has 92 valence electrons. The van der Waals surface area contributed by atoms with Crippen LogP contribution in [0.3, 0.4) is 0 Å². The maximum Gasteiger partial charge on any atom is 0.315 e. The molecule has 0 aliphatic heterocycles. The molecular weight excluding hydrogens is 216 g/mol. The number of hydrogen-bond acceptors (Lipinski definition) is 3. The van der Waals surface area contributed by atoms with Crippen LogP contribution in [0.2, 0.25) is 0 Å². The molecule has 4 nitrogen and oxygen atoms in total. The number of carboxylic acid groups (broad SMARTS) is 1. The van der Waals surface area contributed by atoms with E-state index in [1.54, 1.807) is 6.20 Å². The first-order valence-corrected chi connectivity index (χ1v) is 5.97. The number of nitrogens with zero attached hydrogens (tertiary/aromatic N) is 1. The lowest BCUT2D eigenvalue weighted by molar-refractivity contribution is -0.145. The molecule has 0 bridgehead atoms. The van der Waals surface area contributed by atoms with E-state index >= 15 is 0 Å². The predicted molar refractivity (Wildman–Crippen MR) is 64.7 cm³/mol. The molecule has 2 rings (SSSR count). The Kier molecular flexibility index (Phi) is 3.15. The van der Waals surface area contributed by atoms with Crippen LogP contribution in [0.5, 0.6) is 0 Å². The van der Waals surface area contributed by atoms with E-state index in [1.165, 1.54) is 0 Å². The van der Waals surface area contributed by atoms with Gasteiger partial charge in [-0.05, 0) is 50.3 Å². The van der Waals surface area contributed by atoms with Crippen molar-refractivity contribution >= 4 is 5.97 Å². The van der Waals surface area contributed by atoms with Gasteiger partial charge < -0.3 is 10.8 Å². The van der Waals surface area contributed by atoms with Crippen molar-refractivity contribution in [3.05, 3.63) is 29.6 Å². The first kappa shape index (κ1) is 12.0. The maximum absolute atomic E-state index is 11.6. The maximum atomic E-state index is 11.6. The van der Waals surface area contributed by atoms with Crippen molar-refractivity contribution in [3.8, 4) is 0 Å². The number of aryl methyl sites for hydroxylation is 1. The fraction of sp³-hybridized carbons (Fsp3) is 0.538. The van der Waals surface area contributed by atoms with Gasteiger partial charge in [-0.25, -0.2) is 0 Å². The third-order valence-corrected chi connectivity index (χ3v) is 3.70. The average molecular weight is 234 g/mol. The second-order valence-electron chi connectivity index (χ2n) is 4.94. The van der Waals surface area contributed by atoms with E-state index in [-0.39, 0.29) is 6.04 Å². The van der Waals surface area contributed by atoms with Crippen LogP contribution in [0.4, 0.5) is 0 Å². The highest BCUT2D eigenvalue weighted by Crippen LogP contribution is 2.38. The Balaban J connectivity index is 2.38. The summed E-state index contributed by atoms with van der Waals surface area (Å²) < 4.78 is 0. The zero-order chi connectivity index (χ0) is 12.5. The van der Waals surface area contributed by atoms with Crippen LogP contribution in [-0.2, 0) is 10.2 Å². The molecule has 0 amide bonds. The lowest BCUT2D eigenvalue weighted by atomic mass is 9.70. The van der Waals surface area contributed by atoms with E-state index in [4.69, 9.17) is 5.73 Å². The Hall–Kier alpha value is -1.42. The molecule has 0 saturated heterocycles. The zero-order valence-electron chi connectivity index (χ0n) is 10.0. The minimum absolute atomic E-state index is 0.132. The van der Waals surface area contributed by atoms with Crippen LogP contribution >= 0.6 is 0 Å². The van der Waals surface area contributed by atoms with E-state index in [1.807, 2.05) is 19.1 Å². The minimum atomic E-state index is -0.831. The van der Waals surface area contributed by atoms with Gasteiger partial charge in [0.1, 0.15) is 5.41 Å². The van der Waals surface area contributed by atoms with Crippen molar-refractivity contribution in [2.75, 3.05) is 0 Å². The summed E-state index contributed by atoms with van der Waals surface area (Å²) in [6.45, 7) is 1.95. The van der Waals surface area contributed by atoms with Crippen LogP contribution in [0, 0.1) is 6.92 Å². The van der Waals surface area contributed by atoms with E-state index < -0.39 is 11.4 Å². The lowest BCUT2D eigenvalue weighted by Crippen LogP contribution is -2.43. The van der Waals surface area contributed by atoms with Crippen LogP contribution < -0.4 is 5.73 Å². The Labute approximate surface area is 101 Å². The van der Waals surface area contributed by atoms with Gasteiger partial charge in [0.25, 0.3) is 0 Å². The molecule has 1 aliphatic rings. The fourth-order valence-corrected chi connectivity index (χ4v) is 2.51. The summed E-state index contributed by atoms with van der Waals surface area (Å²) >= 11 is 0. The molecule has 0 aromatic carbocycles. The molecule has 17 heavy (non-hydrogen) atoms. The Morgan fingerprint density at radius 3 is 2.71 bits per heavy atom. The quantitative estimate of drug-likeness (QED) is 0.815. The number of pyridine rings is 1. The number of hydrogen-bond donors (Lipinski definition) is 2. The van der Waals surface area contributed by atoms with Crippen LogP contribution in [0.25, 0.3) is 0 Å². The molecule has 1 aliphatic carbocycles. The van der Waals surface area contributed by atoms with Gasteiger partial charge in [-0.15, -0.1) is 0 Å². The van der Waals surface area contributed by atoms with Crippen molar-refractivity contribution in [1.82, 2.24) is 4.98 Å². The molecule has 1 heterocycles. The second kappa shape index (κ2) is 4.45. The summed E-state index contributed by atoms with van der Waals surface area (Å²) in [6, 6.07) is 3.89. The van der Waals surface area contributed by atoms with Gasteiger partial charge in [0.2, 0.25) is 0 Å². The summed E-state index contributed by atoms with van der Waals surface area (Å²) in [5, 5.41) is 9.54. The monoisotopic (exact) mass is 234 g/mol. The van der Waals surface area contributed by atoms with Gasteiger partial charge >= 0.3 is 5.97 Å². The summed E-state index contributed by atoms with van der Waals surface area (Å²) in [5.41, 5.74) is 6.74. The highest BCUT2D eigenvalue weighted by molar-refractivity contribution is 5.81. The third kappa shape index (κ3) is 2.17. The van der Waals surface area contributed by atoms with Gasteiger partial charge in [0, 0.05) is 12.2 Å². The smallest absolute Gasteiger partial charge is 0.315 e. The van der Waals surface area contributed by atoms with Crippen LogP contribution in [0.1, 0.15) is 36.9 Å². The van der Waals surface area contributed by atoms with E-state index in [0.717, 1.165) is 18.4 Å². The number of carbonyl (C=O) groups is 1. The lowest BCUT2D eigenvalue weighted by Gasteiger charge is -2.35. The molecule has 4 heteroatoms. The van der Waals surface area contributed by atoms with E-state index in [9.17, 15) is 9.90 Å². The second-order valence-corrected chi connectivity index (χ2v) is 4.94. The highest BCUT2D eigenvalue weighted by Gasteiger charge is 2.44. The van der Waals surface area contributed by atoms with Crippen LogP contribution in [0.15, 0.2) is 18.3 Å². The number of carboxylic acids is 1. The zero-order valence-corrected chi connectivity index (χ0v) is 10.0. The average Bonchev–Trinajstić information content (AvgIpc) is 2.30. The van der Waals surface area contributed by atoms with E-state index in [0.29, 0.717) is 18.5 Å². The van der Waals surface area contributed by atoms with Crippen molar-refractivity contribution in [3.63, 3.8) is 0 Å². The van der Waals surface area contributed by atoms with Crippen molar-refractivity contribution in [2.24, 2.45) is 5.73 Å². The Bertz CT molecular complexity index is 423. The SMILES string of the molecule is Cc1ccnc(C2(C(=O)O)CCC(N)CC2)c1. The minimum Gasteiger partial charge on any atom is -0.481 e. The molecule has 0 radical (unpaired) electrons. The topological polar surface area (TPSA) is 76.2 Å². The van der Waals surface area contributed by atoms with Gasteiger partial charge in [-0.1, -0.05) is 0 Å². The molecule has 0 atom stereocenters. The van der Waals surface area contributed by atoms with Crippen molar-refractivity contribution in [2.45, 2.75) is 44.1 Å². The molecular formula is C13H18N2O2. The van der Waals surface area contributed by atoms with Crippen molar-refractivity contribution in [1.29, 1.82) is 0 Å². The van der Waals surface area contributed by atoms with Gasteiger partial charge in [-0.2, -0.15) is 0 Å². The first-order valence-electron chi connectivity index (χ1n) is 5.97. The number of aliphatic carboxylic acids is 1.